The number of fused-ring (bicyclic) bond motifs is 1. The van der Waals surface area contributed by atoms with E-state index in [-0.39, 0.29) is 5.56 Å². The lowest BCUT2D eigenvalue weighted by atomic mass is 10.0. The lowest BCUT2D eigenvalue weighted by Crippen LogP contribution is -2.04. The van der Waals surface area contributed by atoms with Crippen molar-refractivity contribution >= 4 is 10.9 Å². The quantitative estimate of drug-likeness (QED) is 0.717. The first kappa shape index (κ1) is 11.2. The van der Waals surface area contributed by atoms with E-state index in [1.165, 1.54) is 0 Å². The molecule has 0 bridgehead atoms. The number of para-hydroxylation sites is 1. The zero-order chi connectivity index (χ0) is 13.2. The number of hydrogen-bond donors (Lipinski definition) is 1. The molecule has 0 saturated carbocycles. The van der Waals surface area contributed by atoms with Crippen LogP contribution in [0.5, 0.6) is 0 Å². The molecule has 3 rings (SSSR count). The molecule has 0 saturated heterocycles. The van der Waals surface area contributed by atoms with Crippen LogP contribution in [0, 0.1) is 11.3 Å². The lowest BCUT2D eigenvalue weighted by Gasteiger charge is -2.06. The number of nitrogens with zero attached hydrogens (tertiary/aromatic N) is 1. The van der Waals surface area contributed by atoms with Gasteiger partial charge in [-0.15, -0.1) is 0 Å². The van der Waals surface area contributed by atoms with Gasteiger partial charge in [-0.1, -0.05) is 30.3 Å². The maximum Gasteiger partial charge on any atom is 0.249 e. The highest BCUT2D eigenvalue weighted by Gasteiger charge is 2.05. The van der Waals surface area contributed by atoms with Crippen LogP contribution in [0.2, 0.25) is 0 Å². The second kappa shape index (κ2) is 4.43. The van der Waals surface area contributed by atoms with Gasteiger partial charge < -0.3 is 4.98 Å². The van der Waals surface area contributed by atoms with Crippen LogP contribution in [-0.4, -0.2) is 4.98 Å². The standard InChI is InChI=1S/C16H10N2O/c17-10-11-5-7-12(8-6-11)14-9-16(19)18-15-4-2-1-3-13(14)15/h1-9H,(H,18,19). The number of pyridine rings is 1. The summed E-state index contributed by atoms with van der Waals surface area (Å²) in [6.45, 7) is 0. The van der Waals surface area contributed by atoms with Gasteiger partial charge in [-0.2, -0.15) is 5.26 Å². The van der Waals surface area contributed by atoms with Crippen LogP contribution in [0.25, 0.3) is 22.0 Å². The summed E-state index contributed by atoms with van der Waals surface area (Å²) in [6.07, 6.45) is 0. The van der Waals surface area contributed by atoms with Gasteiger partial charge >= 0.3 is 0 Å². The SMILES string of the molecule is N#Cc1ccc(-c2cc(=O)[nH]c3ccccc23)cc1. The van der Waals surface area contributed by atoms with E-state index in [1.807, 2.05) is 36.4 Å². The molecule has 1 aromatic heterocycles. The van der Waals surface area contributed by atoms with Crippen molar-refractivity contribution in [2.75, 3.05) is 0 Å². The number of nitriles is 1. The Morgan fingerprint density at radius 2 is 1.74 bits per heavy atom. The summed E-state index contributed by atoms with van der Waals surface area (Å²) < 4.78 is 0. The van der Waals surface area contributed by atoms with E-state index in [0.717, 1.165) is 22.0 Å². The van der Waals surface area contributed by atoms with E-state index in [1.54, 1.807) is 18.2 Å². The molecule has 0 aliphatic heterocycles. The minimum absolute atomic E-state index is 0.127. The Kier molecular flexibility index (Phi) is 2.62. The van der Waals surface area contributed by atoms with Crippen LogP contribution < -0.4 is 5.56 Å². The van der Waals surface area contributed by atoms with Gasteiger partial charge in [-0.3, -0.25) is 4.79 Å². The van der Waals surface area contributed by atoms with Crippen LogP contribution in [0.4, 0.5) is 0 Å². The van der Waals surface area contributed by atoms with Crippen molar-refractivity contribution in [3.8, 4) is 17.2 Å². The normalized spacial score (nSPS) is 10.3. The number of benzene rings is 2. The highest BCUT2D eigenvalue weighted by molar-refractivity contribution is 5.94. The lowest BCUT2D eigenvalue weighted by molar-refractivity contribution is 1.31. The number of nitrogens with one attached hydrogen (secondary N) is 1. The first-order chi connectivity index (χ1) is 9.28. The van der Waals surface area contributed by atoms with E-state index >= 15 is 0 Å². The summed E-state index contributed by atoms with van der Waals surface area (Å²) in [5.74, 6) is 0. The molecule has 0 atom stereocenters. The average Bonchev–Trinajstić information content (AvgIpc) is 2.46. The maximum absolute atomic E-state index is 11.7. The minimum Gasteiger partial charge on any atom is -0.322 e. The van der Waals surface area contributed by atoms with E-state index in [2.05, 4.69) is 11.1 Å². The van der Waals surface area contributed by atoms with Crippen molar-refractivity contribution in [2.45, 2.75) is 0 Å². The van der Waals surface area contributed by atoms with E-state index in [4.69, 9.17) is 5.26 Å². The maximum atomic E-state index is 11.7. The summed E-state index contributed by atoms with van der Waals surface area (Å²) in [6, 6.07) is 18.6. The molecule has 3 nitrogen and oxygen atoms in total. The number of H-pyrrole nitrogens is 1. The number of aromatic amines is 1. The molecule has 1 heterocycles. The van der Waals surface area contributed by atoms with Crippen LogP contribution >= 0.6 is 0 Å². The molecule has 3 heteroatoms. The Hall–Kier alpha value is -2.86. The molecule has 0 spiro atoms. The number of rotatable bonds is 1. The molecule has 0 unspecified atom stereocenters. The van der Waals surface area contributed by atoms with E-state index < -0.39 is 0 Å². The summed E-state index contributed by atoms with van der Waals surface area (Å²) in [5.41, 5.74) is 3.11. The predicted molar refractivity (Wildman–Crippen MR) is 74.7 cm³/mol. The highest BCUT2D eigenvalue weighted by Crippen LogP contribution is 2.26. The summed E-state index contributed by atoms with van der Waals surface area (Å²) in [4.78, 5) is 14.5. The van der Waals surface area contributed by atoms with Crippen LogP contribution in [0.15, 0.2) is 59.4 Å². The fraction of sp³-hybridized carbons (Fsp3) is 0. The van der Waals surface area contributed by atoms with Crippen LogP contribution in [-0.2, 0) is 0 Å². The fourth-order valence-corrected chi connectivity index (χ4v) is 2.17. The van der Waals surface area contributed by atoms with Gasteiger partial charge in [-0.05, 0) is 29.3 Å². The third-order valence-corrected chi connectivity index (χ3v) is 3.08. The zero-order valence-corrected chi connectivity index (χ0v) is 10.1. The molecule has 0 fully saturated rings. The largest absolute Gasteiger partial charge is 0.322 e. The molecule has 19 heavy (non-hydrogen) atoms. The monoisotopic (exact) mass is 246 g/mol. The molecule has 0 aliphatic carbocycles. The van der Waals surface area contributed by atoms with Crippen molar-refractivity contribution < 1.29 is 0 Å². The Bertz CT molecular complexity index is 839. The first-order valence-electron chi connectivity index (χ1n) is 5.90. The van der Waals surface area contributed by atoms with Gasteiger partial charge in [0.25, 0.3) is 0 Å². The Morgan fingerprint density at radius 3 is 2.47 bits per heavy atom. The average molecular weight is 246 g/mol. The van der Waals surface area contributed by atoms with Gasteiger partial charge in [-0.25, -0.2) is 0 Å². The number of aromatic nitrogens is 1. The molecule has 1 N–H and O–H groups in total. The molecule has 0 amide bonds. The molecular formula is C16H10N2O. The van der Waals surface area contributed by atoms with Crippen LogP contribution in [0.1, 0.15) is 5.56 Å². The molecule has 3 aromatic rings. The number of hydrogen-bond acceptors (Lipinski definition) is 2. The Balaban J connectivity index is 2.29. The van der Waals surface area contributed by atoms with Gasteiger partial charge in [0, 0.05) is 17.0 Å². The molecule has 0 aliphatic rings. The van der Waals surface area contributed by atoms with Gasteiger partial charge in [0.2, 0.25) is 5.56 Å². The van der Waals surface area contributed by atoms with Gasteiger partial charge in [0.1, 0.15) is 0 Å². The Labute approximate surface area is 109 Å². The van der Waals surface area contributed by atoms with Crippen molar-refractivity contribution in [1.82, 2.24) is 4.98 Å². The minimum atomic E-state index is -0.127. The van der Waals surface area contributed by atoms with Gasteiger partial charge in [0.05, 0.1) is 11.6 Å². The van der Waals surface area contributed by atoms with Crippen molar-refractivity contribution in [1.29, 1.82) is 5.26 Å². The first-order valence-corrected chi connectivity index (χ1v) is 5.90. The smallest absolute Gasteiger partial charge is 0.249 e. The van der Waals surface area contributed by atoms with E-state index in [0.29, 0.717) is 5.56 Å². The molecule has 90 valence electrons. The zero-order valence-electron chi connectivity index (χ0n) is 10.1. The predicted octanol–water partition coefficient (Wildman–Crippen LogP) is 3.07. The van der Waals surface area contributed by atoms with Crippen molar-refractivity contribution in [3.63, 3.8) is 0 Å². The fourth-order valence-electron chi connectivity index (χ4n) is 2.17. The third-order valence-electron chi connectivity index (χ3n) is 3.08. The molecule has 2 aromatic carbocycles. The van der Waals surface area contributed by atoms with Crippen LogP contribution in [0.3, 0.4) is 0 Å². The van der Waals surface area contributed by atoms with Gasteiger partial charge in [0.15, 0.2) is 0 Å². The molecule has 0 radical (unpaired) electrons. The second-order valence-corrected chi connectivity index (χ2v) is 4.28. The third kappa shape index (κ3) is 2.00. The van der Waals surface area contributed by atoms with Crippen molar-refractivity contribution in [3.05, 3.63) is 70.5 Å². The highest BCUT2D eigenvalue weighted by atomic mass is 16.1. The summed E-state index contributed by atoms with van der Waals surface area (Å²) in [7, 11) is 0. The molecular weight excluding hydrogens is 236 g/mol. The van der Waals surface area contributed by atoms with Crippen molar-refractivity contribution in [2.24, 2.45) is 0 Å². The second-order valence-electron chi connectivity index (χ2n) is 4.28. The summed E-state index contributed by atoms with van der Waals surface area (Å²) >= 11 is 0. The Morgan fingerprint density at radius 1 is 1.00 bits per heavy atom. The van der Waals surface area contributed by atoms with E-state index in [9.17, 15) is 4.79 Å². The summed E-state index contributed by atoms with van der Waals surface area (Å²) in [5, 5.41) is 9.80. The topological polar surface area (TPSA) is 56.6 Å².